The summed E-state index contributed by atoms with van der Waals surface area (Å²) >= 11 is 0. The summed E-state index contributed by atoms with van der Waals surface area (Å²) < 4.78 is 38.1. The minimum absolute atomic E-state index is 0.0797. The van der Waals surface area contributed by atoms with Crippen LogP contribution in [0, 0.1) is 10.8 Å². The zero-order valence-electron chi connectivity index (χ0n) is 34.3. The lowest BCUT2D eigenvalue weighted by Crippen LogP contribution is -2.29. The summed E-state index contributed by atoms with van der Waals surface area (Å²) in [7, 11) is -4.21. The summed E-state index contributed by atoms with van der Waals surface area (Å²) in [5, 5.41) is 9.36. The number of hydrogen-bond acceptors (Lipinski definition) is 6. The Bertz CT molecular complexity index is 1800. The van der Waals surface area contributed by atoms with E-state index in [-0.39, 0.29) is 45.8 Å². The second kappa shape index (κ2) is 17.9. The van der Waals surface area contributed by atoms with Gasteiger partial charge in [-0.25, -0.2) is 8.42 Å². The molecule has 0 aliphatic carbocycles. The third kappa shape index (κ3) is 12.0. The van der Waals surface area contributed by atoms with E-state index >= 15 is 0 Å². The Morgan fingerprint density at radius 2 is 1.15 bits per heavy atom. The summed E-state index contributed by atoms with van der Waals surface area (Å²) in [6, 6.07) is 14.7. The van der Waals surface area contributed by atoms with Gasteiger partial charge in [-0.2, -0.15) is 0 Å². The summed E-state index contributed by atoms with van der Waals surface area (Å²) in [6.45, 7) is 25.8. The van der Waals surface area contributed by atoms with Gasteiger partial charge in [0.2, 0.25) is 11.8 Å². The largest absolute Gasteiger partial charge is 0.494 e. The van der Waals surface area contributed by atoms with E-state index in [9.17, 15) is 18.0 Å². The number of carbonyl (C=O) groups is 2. The van der Waals surface area contributed by atoms with Crippen molar-refractivity contribution in [2.45, 2.75) is 138 Å². The van der Waals surface area contributed by atoms with Crippen molar-refractivity contribution in [2.24, 2.45) is 10.8 Å². The molecule has 3 rings (SSSR count). The molecule has 10 heteroatoms. The first-order valence-corrected chi connectivity index (χ1v) is 20.5. The van der Waals surface area contributed by atoms with Crippen LogP contribution in [0.2, 0.25) is 0 Å². The van der Waals surface area contributed by atoms with Crippen LogP contribution in [0.4, 0.5) is 28.4 Å². The highest BCUT2D eigenvalue weighted by molar-refractivity contribution is 7.92. The van der Waals surface area contributed by atoms with Gasteiger partial charge in [-0.3, -0.25) is 14.3 Å². The number of rotatable bonds is 16. The molecule has 3 aromatic rings. The molecule has 53 heavy (non-hydrogen) atoms. The van der Waals surface area contributed by atoms with Crippen molar-refractivity contribution in [3.8, 4) is 5.75 Å². The summed E-state index contributed by atoms with van der Waals surface area (Å²) in [4.78, 5) is 27.1. The summed E-state index contributed by atoms with van der Waals surface area (Å²) in [5.41, 5.74) is 2.88. The average Bonchev–Trinajstić information content (AvgIpc) is 3.05. The third-order valence-electron chi connectivity index (χ3n) is 9.01. The van der Waals surface area contributed by atoms with Gasteiger partial charge in [0.25, 0.3) is 10.0 Å². The predicted octanol–water partition coefficient (Wildman–Crippen LogP) is 11.5. The second-order valence-electron chi connectivity index (χ2n) is 17.0. The van der Waals surface area contributed by atoms with Crippen LogP contribution in [-0.2, 0) is 19.6 Å². The van der Waals surface area contributed by atoms with Gasteiger partial charge in [-0.15, -0.1) is 0 Å². The van der Waals surface area contributed by atoms with E-state index in [1.54, 1.807) is 53.7 Å². The van der Waals surface area contributed by atoms with E-state index < -0.39 is 20.9 Å². The van der Waals surface area contributed by atoms with Gasteiger partial charge in [0.05, 0.1) is 34.3 Å². The lowest BCUT2D eigenvalue weighted by molar-refractivity contribution is -0.123. The van der Waals surface area contributed by atoms with Crippen LogP contribution in [0.1, 0.15) is 150 Å². The van der Waals surface area contributed by atoms with E-state index in [0.29, 0.717) is 23.7 Å². The fraction of sp³-hybridized carbons (Fsp3) is 0.535. The number of carbonyl (C=O) groups excluding carboxylic acids is 2. The minimum Gasteiger partial charge on any atom is -0.494 e. The molecule has 9 nitrogen and oxygen atoms in total. The molecule has 2 amide bonds. The molecule has 0 saturated heterocycles. The number of amides is 2. The van der Waals surface area contributed by atoms with Gasteiger partial charge in [0.1, 0.15) is 5.75 Å². The number of sulfonamides is 1. The van der Waals surface area contributed by atoms with Crippen molar-refractivity contribution in [2.75, 3.05) is 27.3 Å². The van der Waals surface area contributed by atoms with Gasteiger partial charge in [0, 0.05) is 16.5 Å². The molecule has 0 fully saturated rings. The van der Waals surface area contributed by atoms with Gasteiger partial charge in [-0.05, 0) is 77.3 Å². The topological polar surface area (TPSA) is 126 Å². The number of benzene rings is 3. The van der Waals surface area contributed by atoms with E-state index in [0.717, 1.165) is 41.7 Å². The first kappa shape index (κ1) is 43.4. The maximum Gasteiger partial charge on any atom is 0.262 e. The lowest BCUT2D eigenvalue weighted by atomic mass is 9.89. The molecular formula is C43H64N4O5S. The molecule has 0 spiro atoms. The quantitative estimate of drug-likeness (QED) is 0.108. The molecule has 0 aliphatic rings. The van der Waals surface area contributed by atoms with Crippen molar-refractivity contribution in [1.29, 1.82) is 0 Å². The smallest absolute Gasteiger partial charge is 0.262 e. The van der Waals surface area contributed by atoms with Gasteiger partial charge < -0.3 is 20.7 Å². The zero-order valence-corrected chi connectivity index (χ0v) is 35.2. The Morgan fingerprint density at radius 3 is 1.60 bits per heavy atom. The molecule has 0 radical (unpaired) electrons. The lowest BCUT2D eigenvalue weighted by Gasteiger charge is -2.26. The Morgan fingerprint density at radius 1 is 0.660 bits per heavy atom. The Labute approximate surface area is 319 Å². The maximum absolute atomic E-state index is 14.7. The molecule has 292 valence electrons. The van der Waals surface area contributed by atoms with Gasteiger partial charge >= 0.3 is 0 Å². The number of ether oxygens (including phenoxy) is 1. The third-order valence-corrected chi connectivity index (χ3v) is 10.5. The van der Waals surface area contributed by atoms with Crippen molar-refractivity contribution >= 4 is 50.3 Å². The highest BCUT2D eigenvalue weighted by Crippen LogP contribution is 2.41. The van der Waals surface area contributed by atoms with Crippen LogP contribution >= 0.6 is 0 Å². The molecule has 0 saturated carbocycles. The average molecular weight is 749 g/mol. The van der Waals surface area contributed by atoms with Crippen molar-refractivity contribution in [1.82, 2.24) is 0 Å². The molecule has 3 aromatic carbocycles. The Balaban J connectivity index is 2.21. The molecule has 0 aromatic heterocycles. The number of anilines is 5. The van der Waals surface area contributed by atoms with E-state index in [2.05, 4.69) is 41.4 Å². The minimum atomic E-state index is -4.21. The Kier molecular flexibility index (Phi) is 14.6. The standard InChI is InChI=1S/C43H64N4O5S/c1-14-15-16-17-22-52-32-20-18-31(19-21-32)44-35-25-37(46-41(49)43(11,12)13)38(26-36(35)45-40(48)42(8,9)10)47-53(50,51)39-33(28(4)5)23-30(27(2)3)24-34(39)29(6)7/h18-21,23-29,44,47H,14-17,22H2,1-13H3,(H,45,48)(H,46,49). The fourth-order valence-corrected chi connectivity index (χ4v) is 7.29. The normalized spacial score (nSPS) is 12.3. The van der Waals surface area contributed by atoms with Crippen LogP contribution in [0.3, 0.4) is 0 Å². The van der Waals surface area contributed by atoms with E-state index in [1.165, 1.54) is 6.42 Å². The number of hydrogen-bond donors (Lipinski definition) is 4. The first-order chi connectivity index (χ1) is 24.5. The first-order valence-electron chi connectivity index (χ1n) is 19.1. The number of unbranched alkanes of at least 4 members (excludes halogenated alkanes) is 3. The summed E-state index contributed by atoms with van der Waals surface area (Å²) in [5.74, 6) is 0.234. The van der Waals surface area contributed by atoms with Crippen LogP contribution in [0.5, 0.6) is 5.75 Å². The van der Waals surface area contributed by atoms with Gasteiger partial charge in [0.15, 0.2) is 0 Å². The Hall–Kier alpha value is -4.05. The van der Waals surface area contributed by atoms with Crippen molar-refractivity contribution in [3.63, 3.8) is 0 Å². The highest BCUT2D eigenvalue weighted by Gasteiger charge is 2.30. The molecular weight excluding hydrogens is 685 g/mol. The molecule has 0 unspecified atom stereocenters. The van der Waals surface area contributed by atoms with Gasteiger partial charge in [-0.1, -0.05) is 121 Å². The summed E-state index contributed by atoms with van der Waals surface area (Å²) in [6.07, 6.45) is 4.46. The number of nitrogens with one attached hydrogen (secondary N) is 4. The van der Waals surface area contributed by atoms with Crippen LogP contribution in [0.15, 0.2) is 53.4 Å². The zero-order chi connectivity index (χ0) is 39.9. The molecule has 0 heterocycles. The van der Waals surface area contributed by atoms with Crippen molar-refractivity contribution < 1.29 is 22.7 Å². The molecule has 4 N–H and O–H groups in total. The second-order valence-corrected chi connectivity index (χ2v) is 18.6. The highest BCUT2D eigenvalue weighted by atomic mass is 32.2. The fourth-order valence-electron chi connectivity index (χ4n) is 5.52. The molecule has 0 atom stereocenters. The van der Waals surface area contributed by atoms with Crippen LogP contribution in [-0.4, -0.2) is 26.8 Å². The monoisotopic (exact) mass is 748 g/mol. The molecule has 0 aliphatic heterocycles. The van der Waals surface area contributed by atoms with Crippen LogP contribution in [0.25, 0.3) is 0 Å². The SMILES string of the molecule is CCCCCCOc1ccc(Nc2cc(NC(=O)C(C)(C)C)c(NS(=O)(=O)c3c(C(C)C)cc(C(C)C)cc3C(C)C)cc2NC(=O)C(C)(C)C)cc1. The van der Waals surface area contributed by atoms with E-state index in [4.69, 9.17) is 4.74 Å². The predicted molar refractivity (Wildman–Crippen MR) is 221 cm³/mol. The van der Waals surface area contributed by atoms with Crippen molar-refractivity contribution in [3.05, 3.63) is 65.2 Å². The maximum atomic E-state index is 14.7. The van der Waals surface area contributed by atoms with E-state index in [1.807, 2.05) is 64.1 Å². The van der Waals surface area contributed by atoms with Crippen LogP contribution < -0.4 is 25.4 Å². The molecule has 0 bridgehead atoms.